The lowest BCUT2D eigenvalue weighted by molar-refractivity contribution is -0.0138. The smallest absolute Gasteiger partial charge is 0.125 e. The summed E-state index contributed by atoms with van der Waals surface area (Å²) in [5.74, 6) is 0.0628. The maximum Gasteiger partial charge on any atom is 0.125 e. The van der Waals surface area contributed by atoms with Crippen molar-refractivity contribution in [3.8, 4) is 5.75 Å². The molecule has 0 fully saturated rings. The SMILES string of the molecule is COCCOc1ccc(F)cc1[C@H](CO)OCCOC. The molecule has 0 heterocycles. The highest BCUT2D eigenvalue weighted by molar-refractivity contribution is 5.36. The Morgan fingerprint density at radius 2 is 1.80 bits per heavy atom. The quantitative estimate of drug-likeness (QED) is 0.662. The third-order valence-corrected chi connectivity index (χ3v) is 2.64. The van der Waals surface area contributed by atoms with E-state index in [4.69, 9.17) is 18.9 Å². The van der Waals surface area contributed by atoms with Crippen LogP contribution in [0.25, 0.3) is 0 Å². The summed E-state index contributed by atoms with van der Waals surface area (Å²) in [5, 5.41) is 9.40. The fraction of sp³-hybridized carbons (Fsp3) is 0.571. The molecule has 0 radical (unpaired) electrons. The normalized spacial score (nSPS) is 12.4. The van der Waals surface area contributed by atoms with E-state index in [0.717, 1.165) is 0 Å². The van der Waals surface area contributed by atoms with Gasteiger partial charge in [0.2, 0.25) is 0 Å². The van der Waals surface area contributed by atoms with E-state index < -0.39 is 11.9 Å². The topological polar surface area (TPSA) is 57.2 Å². The number of aliphatic hydroxyl groups is 1. The zero-order valence-corrected chi connectivity index (χ0v) is 11.8. The molecule has 5 nitrogen and oxygen atoms in total. The van der Waals surface area contributed by atoms with E-state index in [1.165, 1.54) is 18.2 Å². The van der Waals surface area contributed by atoms with Gasteiger partial charge in [0, 0.05) is 19.8 Å². The Bertz CT molecular complexity index is 386. The van der Waals surface area contributed by atoms with Crippen LogP contribution in [0, 0.1) is 5.82 Å². The zero-order chi connectivity index (χ0) is 14.8. The summed E-state index contributed by atoms with van der Waals surface area (Å²) in [6.07, 6.45) is -0.654. The predicted octanol–water partition coefficient (Wildman–Crippen LogP) is 1.55. The van der Waals surface area contributed by atoms with Gasteiger partial charge >= 0.3 is 0 Å². The first-order valence-corrected chi connectivity index (χ1v) is 6.35. The van der Waals surface area contributed by atoms with E-state index in [-0.39, 0.29) is 6.61 Å². The summed E-state index contributed by atoms with van der Waals surface area (Å²) in [6.45, 7) is 1.19. The van der Waals surface area contributed by atoms with Crippen molar-refractivity contribution in [3.63, 3.8) is 0 Å². The molecule has 0 aliphatic heterocycles. The number of ether oxygens (including phenoxy) is 4. The number of hydrogen-bond acceptors (Lipinski definition) is 5. The van der Waals surface area contributed by atoms with Crippen molar-refractivity contribution < 1.29 is 28.4 Å². The molecule has 0 bridgehead atoms. The molecule has 1 N–H and O–H groups in total. The molecule has 20 heavy (non-hydrogen) atoms. The first-order valence-electron chi connectivity index (χ1n) is 6.35. The van der Waals surface area contributed by atoms with E-state index in [1.54, 1.807) is 14.2 Å². The minimum atomic E-state index is -0.654. The van der Waals surface area contributed by atoms with Crippen LogP contribution >= 0.6 is 0 Å². The van der Waals surface area contributed by atoms with Crippen molar-refractivity contribution in [2.45, 2.75) is 6.10 Å². The van der Waals surface area contributed by atoms with E-state index >= 15 is 0 Å². The Balaban J connectivity index is 2.79. The molecule has 0 saturated carbocycles. The van der Waals surface area contributed by atoms with Crippen LogP contribution in [-0.2, 0) is 14.2 Å². The molecular formula is C14H21FO5. The highest BCUT2D eigenvalue weighted by atomic mass is 19.1. The van der Waals surface area contributed by atoms with Crippen LogP contribution in [0.15, 0.2) is 18.2 Å². The number of halogens is 1. The van der Waals surface area contributed by atoms with E-state index in [2.05, 4.69) is 0 Å². The second kappa shape index (κ2) is 9.66. The Kier molecular flexibility index (Phi) is 8.13. The second-order valence-electron chi connectivity index (χ2n) is 4.06. The largest absolute Gasteiger partial charge is 0.491 e. The molecule has 0 aromatic heterocycles. The van der Waals surface area contributed by atoms with Crippen LogP contribution in [0.4, 0.5) is 4.39 Å². The maximum absolute atomic E-state index is 13.4. The van der Waals surface area contributed by atoms with Gasteiger partial charge in [-0.3, -0.25) is 0 Å². The van der Waals surface area contributed by atoms with Crippen LogP contribution < -0.4 is 4.74 Å². The summed E-state index contributed by atoms with van der Waals surface area (Å²) in [7, 11) is 3.12. The second-order valence-corrected chi connectivity index (χ2v) is 4.06. The minimum Gasteiger partial charge on any atom is -0.491 e. The molecule has 6 heteroatoms. The van der Waals surface area contributed by atoms with E-state index in [1.807, 2.05) is 0 Å². The van der Waals surface area contributed by atoms with Gasteiger partial charge < -0.3 is 24.1 Å². The van der Waals surface area contributed by atoms with Crippen molar-refractivity contribution in [2.24, 2.45) is 0 Å². The standard InChI is InChI=1S/C14H21FO5/c1-17-5-7-19-13-4-3-11(15)9-12(13)14(10-16)20-8-6-18-2/h3-4,9,14,16H,5-8,10H2,1-2H3/t14-/m0/s1. The summed E-state index contributed by atoms with van der Waals surface area (Å²) in [4.78, 5) is 0. The third-order valence-electron chi connectivity index (χ3n) is 2.64. The first kappa shape index (κ1) is 16.8. The lowest BCUT2D eigenvalue weighted by Crippen LogP contribution is -2.15. The van der Waals surface area contributed by atoms with Gasteiger partial charge in [0.25, 0.3) is 0 Å². The fourth-order valence-electron chi connectivity index (χ4n) is 1.65. The van der Waals surface area contributed by atoms with Crippen molar-refractivity contribution in [1.29, 1.82) is 0 Å². The van der Waals surface area contributed by atoms with Gasteiger partial charge in [-0.2, -0.15) is 0 Å². The van der Waals surface area contributed by atoms with Gasteiger partial charge in [-0.15, -0.1) is 0 Å². The van der Waals surface area contributed by atoms with Crippen LogP contribution in [0.5, 0.6) is 5.75 Å². The van der Waals surface area contributed by atoms with Crippen molar-refractivity contribution >= 4 is 0 Å². The molecule has 1 aromatic carbocycles. The van der Waals surface area contributed by atoms with Crippen LogP contribution in [-0.4, -0.2) is 52.4 Å². The van der Waals surface area contributed by atoms with Crippen molar-refractivity contribution in [2.75, 3.05) is 47.3 Å². The number of methoxy groups -OCH3 is 2. The number of rotatable bonds is 10. The van der Waals surface area contributed by atoms with Crippen LogP contribution in [0.1, 0.15) is 11.7 Å². The summed E-state index contributed by atoms with van der Waals surface area (Å²) < 4.78 is 34.1. The Morgan fingerprint density at radius 1 is 1.10 bits per heavy atom. The van der Waals surface area contributed by atoms with E-state index in [9.17, 15) is 9.50 Å². The molecule has 1 atom stereocenters. The van der Waals surface area contributed by atoms with Gasteiger partial charge in [-0.25, -0.2) is 4.39 Å². The van der Waals surface area contributed by atoms with Crippen LogP contribution in [0.3, 0.4) is 0 Å². The Hall–Kier alpha value is -1.21. The highest BCUT2D eigenvalue weighted by Gasteiger charge is 2.17. The van der Waals surface area contributed by atoms with Gasteiger partial charge in [0.05, 0.1) is 26.4 Å². The lowest BCUT2D eigenvalue weighted by Gasteiger charge is -2.19. The maximum atomic E-state index is 13.4. The highest BCUT2D eigenvalue weighted by Crippen LogP contribution is 2.28. The summed E-state index contributed by atoms with van der Waals surface area (Å²) in [5.41, 5.74) is 0.472. The number of hydrogen-bond donors (Lipinski definition) is 1. The van der Waals surface area contributed by atoms with Gasteiger partial charge in [-0.1, -0.05) is 0 Å². The van der Waals surface area contributed by atoms with Gasteiger partial charge in [0.15, 0.2) is 0 Å². The first-order chi connectivity index (χ1) is 9.72. The van der Waals surface area contributed by atoms with Gasteiger partial charge in [0.1, 0.15) is 24.3 Å². The summed E-state index contributed by atoms with van der Waals surface area (Å²) in [6, 6.07) is 4.12. The molecule has 1 aromatic rings. The average molecular weight is 288 g/mol. The lowest BCUT2D eigenvalue weighted by atomic mass is 10.1. The van der Waals surface area contributed by atoms with Gasteiger partial charge in [-0.05, 0) is 18.2 Å². The number of benzene rings is 1. The molecular weight excluding hydrogens is 267 g/mol. The minimum absolute atomic E-state index is 0.270. The van der Waals surface area contributed by atoms with Crippen LogP contribution in [0.2, 0.25) is 0 Å². The molecule has 0 saturated heterocycles. The summed E-state index contributed by atoms with van der Waals surface area (Å²) >= 11 is 0. The number of aliphatic hydroxyl groups excluding tert-OH is 1. The van der Waals surface area contributed by atoms with Crippen molar-refractivity contribution in [1.82, 2.24) is 0 Å². The molecule has 114 valence electrons. The zero-order valence-electron chi connectivity index (χ0n) is 11.8. The predicted molar refractivity (Wildman–Crippen MR) is 71.4 cm³/mol. The third kappa shape index (κ3) is 5.42. The average Bonchev–Trinajstić information content (AvgIpc) is 2.45. The molecule has 0 amide bonds. The monoisotopic (exact) mass is 288 g/mol. The molecule has 0 aliphatic rings. The Morgan fingerprint density at radius 3 is 2.45 bits per heavy atom. The van der Waals surface area contributed by atoms with Crippen molar-refractivity contribution in [3.05, 3.63) is 29.6 Å². The molecule has 0 unspecified atom stereocenters. The molecule has 0 spiro atoms. The fourth-order valence-corrected chi connectivity index (χ4v) is 1.65. The van der Waals surface area contributed by atoms with E-state index in [0.29, 0.717) is 37.7 Å². The molecule has 0 aliphatic carbocycles. The Labute approximate surface area is 118 Å². The molecule has 1 rings (SSSR count).